The summed E-state index contributed by atoms with van der Waals surface area (Å²) in [6.45, 7) is 3.47. The molecule has 3 aliphatic rings. The predicted octanol–water partition coefficient (Wildman–Crippen LogP) is 2.70. The van der Waals surface area contributed by atoms with Crippen molar-refractivity contribution in [1.29, 1.82) is 0 Å². The second-order valence-corrected chi connectivity index (χ2v) is 6.05. The SMILES string of the molecule is CCCNC1CC2CCC(C1)N2C1CC=CC1. The Morgan fingerprint density at radius 1 is 1.06 bits per heavy atom. The normalized spacial score (nSPS) is 38.1. The molecule has 96 valence electrons. The van der Waals surface area contributed by atoms with Gasteiger partial charge in [-0.3, -0.25) is 4.90 Å². The van der Waals surface area contributed by atoms with Crippen LogP contribution in [0.2, 0.25) is 0 Å². The summed E-state index contributed by atoms with van der Waals surface area (Å²) >= 11 is 0. The Labute approximate surface area is 105 Å². The Bertz CT molecular complexity index is 265. The smallest absolute Gasteiger partial charge is 0.0170 e. The zero-order valence-corrected chi connectivity index (χ0v) is 11.1. The minimum Gasteiger partial charge on any atom is -0.314 e. The van der Waals surface area contributed by atoms with Gasteiger partial charge in [-0.1, -0.05) is 19.1 Å². The van der Waals surface area contributed by atoms with Gasteiger partial charge >= 0.3 is 0 Å². The highest BCUT2D eigenvalue weighted by Gasteiger charge is 2.43. The zero-order chi connectivity index (χ0) is 11.7. The summed E-state index contributed by atoms with van der Waals surface area (Å²) in [5.74, 6) is 0. The molecule has 0 radical (unpaired) electrons. The van der Waals surface area contributed by atoms with Gasteiger partial charge in [0.2, 0.25) is 0 Å². The molecule has 2 heteroatoms. The van der Waals surface area contributed by atoms with Crippen molar-refractivity contribution < 1.29 is 0 Å². The number of hydrogen-bond acceptors (Lipinski definition) is 2. The molecule has 2 heterocycles. The van der Waals surface area contributed by atoms with Crippen LogP contribution in [0.25, 0.3) is 0 Å². The Balaban J connectivity index is 1.59. The molecule has 0 aromatic carbocycles. The number of piperidine rings is 1. The number of nitrogens with zero attached hydrogens (tertiary/aromatic N) is 1. The van der Waals surface area contributed by atoms with Crippen LogP contribution in [0.15, 0.2) is 12.2 Å². The Hall–Kier alpha value is -0.340. The van der Waals surface area contributed by atoms with Crippen LogP contribution in [0.4, 0.5) is 0 Å². The molecule has 2 aliphatic heterocycles. The molecular weight excluding hydrogens is 208 g/mol. The molecule has 0 saturated carbocycles. The summed E-state index contributed by atoms with van der Waals surface area (Å²) in [7, 11) is 0. The van der Waals surface area contributed by atoms with Crippen LogP contribution >= 0.6 is 0 Å². The lowest BCUT2D eigenvalue weighted by molar-refractivity contribution is 0.0749. The fourth-order valence-corrected chi connectivity index (χ4v) is 4.17. The van der Waals surface area contributed by atoms with Gasteiger partial charge in [-0.15, -0.1) is 0 Å². The first kappa shape index (κ1) is 11.7. The Morgan fingerprint density at radius 2 is 1.71 bits per heavy atom. The maximum Gasteiger partial charge on any atom is 0.0170 e. The van der Waals surface area contributed by atoms with Crippen molar-refractivity contribution in [2.45, 2.75) is 76.0 Å². The second-order valence-electron chi connectivity index (χ2n) is 6.05. The molecule has 0 aromatic heterocycles. The molecule has 2 fully saturated rings. The molecule has 0 spiro atoms. The molecule has 2 atom stereocenters. The van der Waals surface area contributed by atoms with Crippen LogP contribution in [-0.2, 0) is 0 Å². The summed E-state index contributed by atoms with van der Waals surface area (Å²) in [5.41, 5.74) is 0. The van der Waals surface area contributed by atoms with Crippen molar-refractivity contribution in [1.82, 2.24) is 10.2 Å². The maximum absolute atomic E-state index is 3.74. The molecule has 1 N–H and O–H groups in total. The zero-order valence-electron chi connectivity index (χ0n) is 11.1. The second kappa shape index (κ2) is 5.11. The molecule has 3 rings (SSSR count). The lowest BCUT2D eigenvalue weighted by atomic mass is 9.94. The van der Waals surface area contributed by atoms with Crippen molar-refractivity contribution in [3.05, 3.63) is 12.2 Å². The van der Waals surface area contributed by atoms with Crippen LogP contribution < -0.4 is 5.32 Å². The van der Waals surface area contributed by atoms with Crippen LogP contribution in [0.3, 0.4) is 0 Å². The summed E-state index contributed by atoms with van der Waals surface area (Å²) in [6.07, 6.45) is 14.3. The van der Waals surface area contributed by atoms with Crippen molar-refractivity contribution in [2.24, 2.45) is 0 Å². The first-order chi connectivity index (χ1) is 8.38. The van der Waals surface area contributed by atoms with E-state index in [0.29, 0.717) is 0 Å². The van der Waals surface area contributed by atoms with Gasteiger partial charge in [-0.05, 0) is 51.5 Å². The maximum atomic E-state index is 3.74. The Kier molecular flexibility index (Phi) is 3.53. The molecular formula is C15H26N2. The lowest BCUT2D eigenvalue weighted by Gasteiger charge is -2.42. The van der Waals surface area contributed by atoms with Crippen LogP contribution in [0.5, 0.6) is 0 Å². The van der Waals surface area contributed by atoms with E-state index < -0.39 is 0 Å². The van der Waals surface area contributed by atoms with Gasteiger partial charge in [0.1, 0.15) is 0 Å². The van der Waals surface area contributed by atoms with E-state index >= 15 is 0 Å². The molecule has 0 amide bonds. The first-order valence-corrected chi connectivity index (χ1v) is 7.54. The van der Waals surface area contributed by atoms with Crippen molar-refractivity contribution >= 4 is 0 Å². The third-order valence-electron chi connectivity index (χ3n) is 4.88. The average Bonchev–Trinajstić information content (AvgIpc) is 2.93. The third kappa shape index (κ3) is 2.30. The fraction of sp³-hybridized carbons (Fsp3) is 0.867. The monoisotopic (exact) mass is 234 g/mol. The van der Waals surface area contributed by atoms with E-state index in [2.05, 4.69) is 29.3 Å². The molecule has 2 unspecified atom stereocenters. The minimum absolute atomic E-state index is 0.804. The van der Waals surface area contributed by atoms with Gasteiger partial charge in [0.25, 0.3) is 0 Å². The average molecular weight is 234 g/mol. The van der Waals surface area contributed by atoms with E-state index in [9.17, 15) is 0 Å². The summed E-state index contributed by atoms with van der Waals surface area (Å²) in [4.78, 5) is 2.88. The topological polar surface area (TPSA) is 15.3 Å². The number of hydrogen-bond donors (Lipinski definition) is 1. The molecule has 2 bridgehead atoms. The van der Waals surface area contributed by atoms with Crippen molar-refractivity contribution in [3.63, 3.8) is 0 Å². The van der Waals surface area contributed by atoms with Crippen molar-refractivity contribution in [2.75, 3.05) is 6.54 Å². The van der Waals surface area contributed by atoms with E-state index in [1.807, 2.05) is 0 Å². The van der Waals surface area contributed by atoms with Crippen LogP contribution in [-0.4, -0.2) is 35.6 Å². The van der Waals surface area contributed by atoms with Gasteiger partial charge in [0, 0.05) is 24.2 Å². The van der Waals surface area contributed by atoms with Gasteiger partial charge in [0.05, 0.1) is 0 Å². The highest BCUT2D eigenvalue weighted by atomic mass is 15.3. The highest BCUT2D eigenvalue weighted by molar-refractivity contribution is 5.06. The standard InChI is InChI=1S/C15H26N2/c1-2-9-16-12-10-14-7-8-15(11-12)17(14)13-5-3-4-6-13/h3-4,12-16H,2,5-11H2,1H3. The minimum atomic E-state index is 0.804. The van der Waals surface area contributed by atoms with Crippen LogP contribution in [0, 0.1) is 0 Å². The van der Waals surface area contributed by atoms with E-state index in [-0.39, 0.29) is 0 Å². The van der Waals surface area contributed by atoms with E-state index in [0.717, 1.165) is 24.2 Å². The molecule has 2 saturated heterocycles. The van der Waals surface area contributed by atoms with E-state index in [4.69, 9.17) is 0 Å². The lowest BCUT2D eigenvalue weighted by Crippen LogP contribution is -2.52. The van der Waals surface area contributed by atoms with Gasteiger partial charge in [-0.2, -0.15) is 0 Å². The fourth-order valence-electron chi connectivity index (χ4n) is 4.17. The third-order valence-corrected chi connectivity index (χ3v) is 4.88. The van der Waals surface area contributed by atoms with Crippen molar-refractivity contribution in [3.8, 4) is 0 Å². The quantitative estimate of drug-likeness (QED) is 0.752. The number of nitrogens with one attached hydrogen (secondary N) is 1. The Morgan fingerprint density at radius 3 is 2.29 bits per heavy atom. The van der Waals surface area contributed by atoms with Gasteiger partial charge in [0.15, 0.2) is 0 Å². The van der Waals surface area contributed by atoms with Crippen LogP contribution in [0.1, 0.15) is 51.9 Å². The summed E-state index contributed by atoms with van der Waals surface area (Å²) in [5, 5.41) is 3.74. The van der Waals surface area contributed by atoms with E-state index in [1.165, 1.54) is 51.5 Å². The van der Waals surface area contributed by atoms with E-state index in [1.54, 1.807) is 0 Å². The number of fused-ring (bicyclic) bond motifs is 2. The molecule has 0 aromatic rings. The highest BCUT2D eigenvalue weighted by Crippen LogP contribution is 2.39. The molecule has 1 aliphatic carbocycles. The summed E-state index contributed by atoms with van der Waals surface area (Å²) in [6, 6.07) is 3.42. The number of rotatable bonds is 4. The van der Waals surface area contributed by atoms with Gasteiger partial charge < -0.3 is 5.32 Å². The summed E-state index contributed by atoms with van der Waals surface area (Å²) < 4.78 is 0. The molecule has 17 heavy (non-hydrogen) atoms. The largest absolute Gasteiger partial charge is 0.314 e. The van der Waals surface area contributed by atoms with Gasteiger partial charge in [-0.25, -0.2) is 0 Å². The first-order valence-electron chi connectivity index (χ1n) is 7.54. The predicted molar refractivity (Wildman–Crippen MR) is 72.1 cm³/mol. The molecule has 2 nitrogen and oxygen atoms in total.